The second-order valence-corrected chi connectivity index (χ2v) is 6.55. The zero-order valence-corrected chi connectivity index (χ0v) is 14.6. The molecule has 5 rings (SSSR count). The highest BCUT2D eigenvalue weighted by atomic mass is 35.5. The van der Waals surface area contributed by atoms with E-state index in [1.807, 2.05) is 48.5 Å². The van der Waals surface area contributed by atoms with Crippen LogP contribution in [0.15, 0.2) is 85.1 Å². The van der Waals surface area contributed by atoms with Gasteiger partial charge >= 0.3 is 0 Å². The Labute approximate surface area is 155 Å². The number of aromatic nitrogens is 1. The minimum atomic E-state index is 0.517. The van der Waals surface area contributed by atoms with E-state index >= 15 is 0 Å². The van der Waals surface area contributed by atoms with Crippen molar-refractivity contribution in [2.45, 2.75) is 0 Å². The Morgan fingerprint density at radius 2 is 1.27 bits per heavy atom. The van der Waals surface area contributed by atoms with Gasteiger partial charge in [0, 0.05) is 17.0 Å². The molecule has 0 bridgehead atoms. The average molecular weight is 356 g/mol. The maximum atomic E-state index is 6.30. The molecule has 0 aliphatic carbocycles. The molecule has 0 fully saturated rings. The SMILES string of the molecule is Clc1nccc2c1ccc1c3ccccc3c(Oc3ccccc3)cc21. The van der Waals surface area contributed by atoms with E-state index in [4.69, 9.17) is 16.3 Å². The molecule has 5 aromatic rings. The van der Waals surface area contributed by atoms with E-state index in [1.54, 1.807) is 6.20 Å². The van der Waals surface area contributed by atoms with Crippen molar-refractivity contribution in [3.05, 3.63) is 90.2 Å². The minimum Gasteiger partial charge on any atom is -0.457 e. The fourth-order valence-electron chi connectivity index (χ4n) is 3.47. The van der Waals surface area contributed by atoms with Gasteiger partial charge in [0.2, 0.25) is 0 Å². The summed E-state index contributed by atoms with van der Waals surface area (Å²) in [4.78, 5) is 4.20. The molecule has 0 atom stereocenters. The van der Waals surface area contributed by atoms with E-state index < -0.39 is 0 Å². The normalized spacial score (nSPS) is 11.3. The van der Waals surface area contributed by atoms with Gasteiger partial charge in [0.15, 0.2) is 0 Å². The fraction of sp³-hybridized carbons (Fsp3) is 0. The highest BCUT2D eigenvalue weighted by Crippen LogP contribution is 2.39. The molecular weight excluding hydrogens is 342 g/mol. The van der Waals surface area contributed by atoms with Crippen LogP contribution in [0.2, 0.25) is 5.15 Å². The largest absolute Gasteiger partial charge is 0.457 e. The van der Waals surface area contributed by atoms with Crippen LogP contribution in [0.1, 0.15) is 0 Å². The molecule has 0 unspecified atom stereocenters. The van der Waals surface area contributed by atoms with Crippen LogP contribution < -0.4 is 4.74 Å². The Bertz CT molecular complexity index is 1270. The van der Waals surface area contributed by atoms with Crippen LogP contribution in [0.25, 0.3) is 32.3 Å². The summed E-state index contributed by atoms with van der Waals surface area (Å²) in [5.74, 6) is 1.65. The molecule has 0 amide bonds. The Hall–Kier alpha value is -3.10. The molecule has 0 radical (unpaired) electrons. The van der Waals surface area contributed by atoms with Crippen LogP contribution in [0.4, 0.5) is 0 Å². The molecule has 2 nitrogen and oxygen atoms in total. The quantitative estimate of drug-likeness (QED) is 0.251. The van der Waals surface area contributed by atoms with E-state index in [9.17, 15) is 0 Å². The van der Waals surface area contributed by atoms with Gasteiger partial charge in [0.05, 0.1) is 0 Å². The first-order valence-corrected chi connectivity index (χ1v) is 8.81. The van der Waals surface area contributed by atoms with Crippen LogP contribution in [0.3, 0.4) is 0 Å². The lowest BCUT2D eigenvalue weighted by Crippen LogP contribution is -1.89. The van der Waals surface area contributed by atoms with Crippen molar-refractivity contribution in [2.24, 2.45) is 0 Å². The van der Waals surface area contributed by atoms with Gasteiger partial charge in [0.25, 0.3) is 0 Å². The zero-order chi connectivity index (χ0) is 17.5. The number of fused-ring (bicyclic) bond motifs is 5. The molecular formula is C23H14ClNO. The molecule has 0 saturated heterocycles. The number of nitrogens with zero attached hydrogens (tertiary/aromatic N) is 1. The molecule has 4 aromatic carbocycles. The van der Waals surface area contributed by atoms with Gasteiger partial charge in [-0.1, -0.05) is 66.2 Å². The van der Waals surface area contributed by atoms with Crippen molar-refractivity contribution in [1.82, 2.24) is 4.98 Å². The van der Waals surface area contributed by atoms with Gasteiger partial charge in [-0.2, -0.15) is 0 Å². The predicted octanol–water partition coefficient (Wildman–Crippen LogP) is 6.99. The second kappa shape index (κ2) is 6.01. The Morgan fingerprint density at radius 1 is 0.615 bits per heavy atom. The summed E-state index contributed by atoms with van der Waals surface area (Å²) in [5, 5.41) is 7.07. The number of benzene rings is 4. The predicted molar refractivity (Wildman–Crippen MR) is 108 cm³/mol. The Morgan fingerprint density at radius 3 is 2.12 bits per heavy atom. The smallest absolute Gasteiger partial charge is 0.136 e. The molecule has 0 saturated carbocycles. The van der Waals surface area contributed by atoms with Crippen molar-refractivity contribution in [3.63, 3.8) is 0 Å². The van der Waals surface area contributed by atoms with E-state index in [1.165, 1.54) is 5.39 Å². The molecule has 0 spiro atoms. The Kier molecular flexibility index (Phi) is 3.51. The first kappa shape index (κ1) is 15.2. The minimum absolute atomic E-state index is 0.517. The van der Waals surface area contributed by atoms with Crippen LogP contribution in [-0.2, 0) is 0 Å². The molecule has 1 aromatic heterocycles. The summed E-state index contributed by atoms with van der Waals surface area (Å²) in [7, 11) is 0. The van der Waals surface area contributed by atoms with Crippen molar-refractivity contribution in [1.29, 1.82) is 0 Å². The number of halogens is 1. The zero-order valence-electron chi connectivity index (χ0n) is 13.8. The van der Waals surface area contributed by atoms with Crippen LogP contribution >= 0.6 is 11.6 Å². The number of ether oxygens (including phenoxy) is 1. The number of rotatable bonds is 2. The van der Waals surface area contributed by atoms with Crippen molar-refractivity contribution in [2.75, 3.05) is 0 Å². The molecule has 0 aliphatic heterocycles. The summed E-state index contributed by atoms with van der Waals surface area (Å²) in [6.07, 6.45) is 1.75. The maximum absolute atomic E-state index is 6.30. The lowest BCUT2D eigenvalue weighted by molar-refractivity contribution is 0.489. The van der Waals surface area contributed by atoms with Crippen molar-refractivity contribution < 1.29 is 4.74 Å². The lowest BCUT2D eigenvalue weighted by atomic mass is 9.97. The third-order valence-corrected chi connectivity index (χ3v) is 4.97. The van der Waals surface area contributed by atoms with Crippen LogP contribution in [-0.4, -0.2) is 4.98 Å². The summed E-state index contributed by atoms with van der Waals surface area (Å²) >= 11 is 6.30. The topological polar surface area (TPSA) is 22.1 Å². The highest BCUT2D eigenvalue weighted by molar-refractivity contribution is 6.35. The summed E-state index contributed by atoms with van der Waals surface area (Å²) < 4.78 is 6.23. The van der Waals surface area contributed by atoms with Gasteiger partial charge in [0.1, 0.15) is 16.7 Å². The van der Waals surface area contributed by atoms with E-state index in [0.717, 1.165) is 38.4 Å². The van der Waals surface area contributed by atoms with Gasteiger partial charge < -0.3 is 4.74 Å². The molecule has 26 heavy (non-hydrogen) atoms. The first-order chi connectivity index (χ1) is 12.8. The second-order valence-electron chi connectivity index (χ2n) is 6.19. The third-order valence-electron chi connectivity index (χ3n) is 4.67. The summed E-state index contributed by atoms with van der Waals surface area (Å²) in [6, 6.07) is 26.4. The van der Waals surface area contributed by atoms with Gasteiger partial charge in [-0.15, -0.1) is 0 Å². The van der Waals surface area contributed by atoms with E-state index in [2.05, 4.69) is 35.3 Å². The average Bonchev–Trinajstić information content (AvgIpc) is 2.69. The highest BCUT2D eigenvalue weighted by Gasteiger charge is 2.12. The van der Waals surface area contributed by atoms with Crippen molar-refractivity contribution in [3.8, 4) is 11.5 Å². The van der Waals surface area contributed by atoms with Gasteiger partial charge in [-0.05, 0) is 45.8 Å². The maximum Gasteiger partial charge on any atom is 0.136 e. The van der Waals surface area contributed by atoms with Gasteiger partial charge in [-0.25, -0.2) is 4.98 Å². The van der Waals surface area contributed by atoms with E-state index in [-0.39, 0.29) is 0 Å². The molecule has 124 valence electrons. The summed E-state index contributed by atoms with van der Waals surface area (Å²) in [5.41, 5.74) is 0. The molecule has 1 heterocycles. The standard InChI is InChI=1S/C23H14ClNO/c24-23-20-11-10-17-16-8-4-5-9-19(16)22(26-15-6-2-1-3-7-15)14-21(17)18(20)12-13-25-23/h1-14H. The number of para-hydroxylation sites is 1. The number of pyridine rings is 1. The van der Waals surface area contributed by atoms with Crippen LogP contribution in [0, 0.1) is 0 Å². The monoisotopic (exact) mass is 355 g/mol. The van der Waals surface area contributed by atoms with Gasteiger partial charge in [-0.3, -0.25) is 0 Å². The lowest BCUT2D eigenvalue weighted by Gasteiger charge is -2.13. The molecule has 3 heteroatoms. The number of hydrogen-bond acceptors (Lipinski definition) is 2. The Balaban J connectivity index is 1.88. The fourth-order valence-corrected chi connectivity index (χ4v) is 3.70. The van der Waals surface area contributed by atoms with E-state index in [0.29, 0.717) is 5.15 Å². The van der Waals surface area contributed by atoms with Crippen LogP contribution in [0.5, 0.6) is 11.5 Å². The third kappa shape index (κ3) is 2.39. The first-order valence-electron chi connectivity index (χ1n) is 8.43. The summed E-state index contributed by atoms with van der Waals surface area (Å²) in [6.45, 7) is 0. The van der Waals surface area contributed by atoms with Crippen molar-refractivity contribution >= 4 is 43.9 Å². The molecule has 0 aliphatic rings. The number of hydrogen-bond donors (Lipinski definition) is 0. The molecule has 0 N–H and O–H groups in total.